The maximum absolute atomic E-state index is 12.0. The molecular formula is C15H23NOS. The average molecular weight is 265 g/mol. The number of hydrogen-bond acceptors (Lipinski definition) is 2. The van der Waals surface area contributed by atoms with Crippen molar-refractivity contribution < 1.29 is 4.79 Å². The summed E-state index contributed by atoms with van der Waals surface area (Å²) in [6.07, 6.45) is 9.96. The smallest absolute Gasteiger partial charge is 0.232 e. The van der Waals surface area contributed by atoms with Gasteiger partial charge in [-0.25, -0.2) is 0 Å². The van der Waals surface area contributed by atoms with Crippen molar-refractivity contribution in [2.75, 3.05) is 18.8 Å². The van der Waals surface area contributed by atoms with Gasteiger partial charge in [-0.15, -0.1) is 11.8 Å². The largest absolute Gasteiger partial charge is 0.342 e. The van der Waals surface area contributed by atoms with E-state index < -0.39 is 0 Å². The van der Waals surface area contributed by atoms with Gasteiger partial charge in [0.15, 0.2) is 0 Å². The molecule has 5 rings (SSSR count). The fraction of sp³-hybridized carbons (Fsp3) is 0.933. The first-order valence-electron chi connectivity index (χ1n) is 7.64. The highest BCUT2D eigenvalue weighted by Gasteiger charge is 2.51. The van der Waals surface area contributed by atoms with Crippen LogP contribution in [0, 0.1) is 17.8 Å². The predicted octanol–water partition coefficient (Wildman–Crippen LogP) is 2.92. The summed E-state index contributed by atoms with van der Waals surface area (Å²) in [6, 6.07) is 0. The first-order chi connectivity index (χ1) is 8.72. The molecule has 4 bridgehead atoms. The third-order valence-electron chi connectivity index (χ3n) is 5.69. The second-order valence-electron chi connectivity index (χ2n) is 7.12. The molecule has 18 heavy (non-hydrogen) atoms. The predicted molar refractivity (Wildman–Crippen MR) is 74.6 cm³/mol. The maximum atomic E-state index is 12.0. The average Bonchev–Trinajstić information content (AvgIpc) is 2.22. The van der Waals surface area contributed by atoms with Gasteiger partial charge >= 0.3 is 0 Å². The number of likely N-dealkylation sites (tertiary alicyclic amines) is 1. The highest BCUT2D eigenvalue weighted by Crippen LogP contribution is 2.60. The van der Waals surface area contributed by atoms with E-state index >= 15 is 0 Å². The molecule has 4 aliphatic carbocycles. The van der Waals surface area contributed by atoms with Crippen LogP contribution in [-0.2, 0) is 4.79 Å². The molecule has 0 N–H and O–H groups in total. The van der Waals surface area contributed by atoms with Crippen molar-refractivity contribution in [2.24, 2.45) is 17.8 Å². The Balaban J connectivity index is 1.40. The maximum Gasteiger partial charge on any atom is 0.232 e. The zero-order chi connectivity index (χ0) is 12.2. The lowest BCUT2D eigenvalue weighted by Crippen LogP contribution is -2.49. The van der Waals surface area contributed by atoms with Gasteiger partial charge in [-0.3, -0.25) is 4.79 Å². The lowest BCUT2D eigenvalue weighted by atomic mass is 9.56. The van der Waals surface area contributed by atoms with E-state index in [0.29, 0.717) is 10.7 Å². The molecule has 0 unspecified atom stereocenters. The van der Waals surface area contributed by atoms with Gasteiger partial charge in [-0.2, -0.15) is 0 Å². The number of hydrogen-bond donors (Lipinski definition) is 0. The van der Waals surface area contributed by atoms with E-state index in [-0.39, 0.29) is 0 Å². The van der Waals surface area contributed by atoms with Crippen LogP contribution in [0.4, 0.5) is 0 Å². The van der Waals surface area contributed by atoms with Crippen molar-refractivity contribution in [3.05, 3.63) is 0 Å². The number of amides is 1. The molecule has 1 aliphatic heterocycles. The van der Waals surface area contributed by atoms with Crippen LogP contribution in [0.1, 0.15) is 44.9 Å². The molecular weight excluding hydrogens is 242 g/mol. The molecule has 3 heteroatoms. The monoisotopic (exact) mass is 265 g/mol. The number of carbonyl (C=O) groups is 1. The number of thioether (sulfide) groups is 1. The quantitative estimate of drug-likeness (QED) is 0.782. The summed E-state index contributed by atoms with van der Waals surface area (Å²) in [4.78, 5) is 14.1. The molecule has 0 aromatic carbocycles. The van der Waals surface area contributed by atoms with Crippen molar-refractivity contribution in [1.82, 2.24) is 4.90 Å². The lowest BCUT2D eigenvalue weighted by Gasteiger charge is -2.56. The molecule has 2 nitrogen and oxygen atoms in total. The Bertz CT molecular complexity index is 328. The third-order valence-corrected chi connectivity index (χ3v) is 7.20. The fourth-order valence-corrected chi connectivity index (χ4v) is 6.75. The van der Waals surface area contributed by atoms with Crippen LogP contribution in [0.15, 0.2) is 0 Å². The van der Waals surface area contributed by atoms with Crippen molar-refractivity contribution in [1.29, 1.82) is 0 Å². The Morgan fingerprint density at radius 2 is 1.61 bits per heavy atom. The molecule has 0 spiro atoms. The second-order valence-corrected chi connectivity index (χ2v) is 8.57. The van der Waals surface area contributed by atoms with Gasteiger partial charge in [0, 0.05) is 17.8 Å². The van der Waals surface area contributed by atoms with Crippen LogP contribution in [0.3, 0.4) is 0 Å². The first kappa shape index (κ1) is 11.6. The highest BCUT2D eigenvalue weighted by molar-refractivity contribution is 8.01. The van der Waals surface area contributed by atoms with Crippen LogP contribution in [0.5, 0.6) is 0 Å². The van der Waals surface area contributed by atoms with E-state index in [9.17, 15) is 4.79 Å². The first-order valence-corrected chi connectivity index (χ1v) is 8.63. The molecule has 4 saturated carbocycles. The summed E-state index contributed by atoms with van der Waals surface area (Å²) < 4.78 is 0.509. The van der Waals surface area contributed by atoms with Crippen LogP contribution in [0.2, 0.25) is 0 Å². The topological polar surface area (TPSA) is 20.3 Å². The summed E-state index contributed by atoms with van der Waals surface area (Å²) >= 11 is 2.03. The van der Waals surface area contributed by atoms with Crippen molar-refractivity contribution in [3.8, 4) is 0 Å². The number of rotatable bonds is 3. The van der Waals surface area contributed by atoms with E-state index in [1.54, 1.807) is 0 Å². The van der Waals surface area contributed by atoms with Crippen molar-refractivity contribution in [3.63, 3.8) is 0 Å². The molecule has 0 radical (unpaired) electrons. The van der Waals surface area contributed by atoms with E-state index in [1.165, 1.54) is 44.9 Å². The zero-order valence-corrected chi connectivity index (χ0v) is 11.9. The third kappa shape index (κ3) is 1.90. The van der Waals surface area contributed by atoms with Crippen LogP contribution in [-0.4, -0.2) is 34.4 Å². The standard InChI is InChI=1S/C15H23NOS/c17-14(16-2-1-3-16)10-18-15-7-11-4-12(8-15)6-13(5-11)9-15/h11-13H,1-10H2. The fourth-order valence-electron chi connectivity index (χ4n) is 5.08. The minimum atomic E-state index is 0.405. The minimum absolute atomic E-state index is 0.405. The summed E-state index contributed by atoms with van der Waals surface area (Å²) in [5, 5.41) is 0. The molecule has 1 amide bonds. The van der Waals surface area contributed by atoms with Gasteiger partial charge < -0.3 is 4.90 Å². The summed E-state index contributed by atoms with van der Waals surface area (Å²) in [5.74, 6) is 4.17. The Morgan fingerprint density at radius 1 is 1.06 bits per heavy atom. The van der Waals surface area contributed by atoms with E-state index in [4.69, 9.17) is 0 Å². The Hall–Kier alpha value is -0.180. The van der Waals surface area contributed by atoms with E-state index in [1.807, 2.05) is 16.7 Å². The van der Waals surface area contributed by atoms with Gasteiger partial charge in [-0.05, 0) is 62.7 Å². The van der Waals surface area contributed by atoms with Gasteiger partial charge in [0.05, 0.1) is 5.75 Å². The van der Waals surface area contributed by atoms with Crippen LogP contribution >= 0.6 is 11.8 Å². The Morgan fingerprint density at radius 3 is 2.06 bits per heavy atom. The van der Waals surface area contributed by atoms with Gasteiger partial charge in [0.2, 0.25) is 5.91 Å². The highest BCUT2D eigenvalue weighted by atomic mass is 32.2. The summed E-state index contributed by atoms with van der Waals surface area (Å²) in [5.41, 5.74) is 0. The molecule has 0 aromatic heterocycles. The molecule has 100 valence electrons. The van der Waals surface area contributed by atoms with E-state index in [0.717, 1.165) is 36.6 Å². The second kappa shape index (κ2) is 4.16. The number of carbonyl (C=O) groups excluding carboxylic acids is 1. The molecule has 5 aliphatic rings. The Kier molecular flexibility index (Phi) is 2.69. The normalized spacial score (nSPS) is 45.1. The van der Waals surface area contributed by atoms with Gasteiger partial charge in [0.25, 0.3) is 0 Å². The van der Waals surface area contributed by atoms with Gasteiger partial charge in [0.1, 0.15) is 0 Å². The van der Waals surface area contributed by atoms with Crippen LogP contribution in [0.25, 0.3) is 0 Å². The summed E-state index contributed by atoms with van der Waals surface area (Å²) in [7, 11) is 0. The van der Waals surface area contributed by atoms with E-state index in [2.05, 4.69) is 0 Å². The zero-order valence-electron chi connectivity index (χ0n) is 11.1. The molecule has 0 aromatic rings. The molecule has 1 heterocycles. The number of nitrogens with zero attached hydrogens (tertiary/aromatic N) is 1. The molecule has 0 atom stereocenters. The molecule has 1 saturated heterocycles. The lowest BCUT2D eigenvalue weighted by molar-refractivity contribution is -0.131. The van der Waals surface area contributed by atoms with Crippen molar-refractivity contribution in [2.45, 2.75) is 49.7 Å². The van der Waals surface area contributed by atoms with Crippen molar-refractivity contribution >= 4 is 17.7 Å². The van der Waals surface area contributed by atoms with Gasteiger partial charge in [-0.1, -0.05) is 0 Å². The molecule has 5 fully saturated rings. The SMILES string of the molecule is O=C(CSC12CC3CC(CC(C3)C1)C2)N1CCC1. The summed E-state index contributed by atoms with van der Waals surface area (Å²) in [6.45, 7) is 2.03. The Labute approximate surface area is 114 Å². The van der Waals surface area contributed by atoms with Crippen LogP contribution < -0.4 is 0 Å². The minimum Gasteiger partial charge on any atom is -0.342 e.